The fourth-order valence-corrected chi connectivity index (χ4v) is 2.33. The van der Waals surface area contributed by atoms with Crippen LogP contribution in [0.3, 0.4) is 0 Å². The van der Waals surface area contributed by atoms with Crippen molar-refractivity contribution in [3.05, 3.63) is 0 Å². The van der Waals surface area contributed by atoms with Gasteiger partial charge in [0.05, 0.1) is 13.0 Å². The smallest absolute Gasteiger partial charge is 0.364 e. The first-order chi connectivity index (χ1) is 11.0. The van der Waals surface area contributed by atoms with E-state index < -0.39 is 67.2 Å². The maximum absolute atomic E-state index is 11.2. The molecule has 1 fully saturated rings. The quantitative estimate of drug-likeness (QED) is 0.310. The Kier molecular flexibility index (Phi) is 6.63. The molecule has 0 aromatic heterocycles. The van der Waals surface area contributed by atoms with Gasteiger partial charge in [-0.05, 0) is 0 Å². The molecule has 0 aromatic rings. The minimum Gasteiger partial charge on any atom is -0.477 e. The number of carboxylic acids is 1. The van der Waals surface area contributed by atoms with Gasteiger partial charge in [0.15, 0.2) is 6.10 Å². The number of carboxylic acid groups (broad SMARTS) is 1. The van der Waals surface area contributed by atoms with Crippen molar-refractivity contribution in [1.29, 1.82) is 0 Å². The van der Waals surface area contributed by atoms with Gasteiger partial charge in [0.25, 0.3) is 5.79 Å². The molecule has 1 unspecified atom stereocenters. The Morgan fingerprint density at radius 3 is 2.29 bits per heavy atom. The first-order valence-corrected chi connectivity index (χ1v) is 6.97. The zero-order valence-corrected chi connectivity index (χ0v) is 13.0. The van der Waals surface area contributed by atoms with Gasteiger partial charge in [-0.3, -0.25) is 9.59 Å². The third-order valence-electron chi connectivity index (χ3n) is 3.37. The maximum atomic E-state index is 11.2. The fraction of sp³-hybridized carbons (Fsp3) is 0.769. The van der Waals surface area contributed by atoms with Crippen LogP contribution in [0, 0.1) is 0 Å². The van der Waals surface area contributed by atoms with Crippen LogP contribution in [0.4, 0.5) is 0 Å². The highest BCUT2D eigenvalue weighted by Gasteiger charge is 2.55. The molecule has 1 aliphatic rings. The van der Waals surface area contributed by atoms with E-state index in [0.29, 0.717) is 0 Å². The van der Waals surface area contributed by atoms with Crippen molar-refractivity contribution < 1.29 is 54.1 Å². The molecule has 0 saturated carbocycles. The molecule has 5 N–H and O–H groups in total. The van der Waals surface area contributed by atoms with Crippen LogP contribution in [-0.4, -0.2) is 86.4 Å². The minimum atomic E-state index is -2.86. The normalized spacial score (nSPS) is 32.5. The summed E-state index contributed by atoms with van der Waals surface area (Å²) in [6, 6.07) is 0. The highest BCUT2D eigenvalue weighted by molar-refractivity contribution is 5.75. The number of aliphatic hydroxyl groups excluding tert-OH is 3. The van der Waals surface area contributed by atoms with Crippen LogP contribution in [0.1, 0.15) is 20.3 Å². The summed E-state index contributed by atoms with van der Waals surface area (Å²) in [5.74, 6) is -6.48. The van der Waals surface area contributed by atoms with Gasteiger partial charge in [-0.25, -0.2) is 4.79 Å². The van der Waals surface area contributed by atoms with E-state index in [9.17, 15) is 29.7 Å². The second kappa shape index (κ2) is 7.85. The Bertz CT molecular complexity index is 492. The van der Waals surface area contributed by atoms with Crippen LogP contribution in [0.5, 0.6) is 0 Å². The second-order valence-electron chi connectivity index (χ2n) is 5.34. The first-order valence-electron chi connectivity index (χ1n) is 6.97. The zero-order valence-electron chi connectivity index (χ0n) is 13.0. The van der Waals surface area contributed by atoms with Crippen molar-refractivity contribution in [2.75, 3.05) is 6.61 Å². The summed E-state index contributed by atoms with van der Waals surface area (Å²) in [6.45, 7) is 1.07. The fourth-order valence-electron chi connectivity index (χ4n) is 2.33. The Morgan fingerprint density at radius 2 is 1.88 bits per heavy atom. The van der Waals surface area contributed by atoms with Crippen molar-refractivity contribution in [3.63, 3.8) is 0 Å². The van der Waals surface area contributed by atoms with Crippen LogP contribution in [-0.2, 0) is 28.6 Å². The van der Waals surface area contributed by atoms with Gasteiger partial charge in [-0.1, -0.05) is 0 Å². The summed E-state index contributed by atoms with van der Waals surface area (Å²) in [4.78, 5) is 33.5. The number of esters is 2. The van der Waals surface area contributed by atoms with Crippen molar-refractivity contribution in [3.8, 4) is 0 Å². The lowest BCUT2D eigenvalue weighted by Crippen LogP contribution is -2.64. The molecule has 1 aliphatic heterocycles. The minimum absolute atomic E-state index is 0.790. The summed E-state index contributed by atoms with van der Waals surface area (Å²) in [7, 11) is 0. The van der Waals surface area contributed by atoms with Crippen LogP contribution in [0.15, 0.2) is 0 Å². The van der Waals surface area contributed by atoms with E-state index in [2.05, 4.69) is 0 Å². The van der Waals surface area contributed by atoms with Crippen LogP contribution in [0.25, 0.3) is 0 Å². The molecule has 1 heterocycles. The maximum Gasteiger partial charge on any atom is 0.364 e. The monoisotopic (exact) mass is 352 g/mol. The number of aliphatic hydroxyl groups is 4. The average Bonchev–Trinajstić information content (AvgIpc) is 2.46. The van der Waals surface area contributed by atoms with E-state index in [1.165, 1.54) is 0 Å². The Hall–Kier alpha value is -1.79. The lowest BCUT2D eigenvalue weighted by molar-refractivity contribution is -0.315. The number of hydrogen-bond donors (Lipinski definition) is 5. The molecular weight excluding hydrogens is 332 g/mol. The third kappa shape index (κ3) is 4.61. The number of ether oxygens (including phenoxy) is 3. The number of aliphatic carboxylic acids is 1. The van der Waals surface area contributed by atoms with Gasteiger partial charge in [0.1, 0.15) is 24.4 Å². The molecular formula is C13H20O11. The third-order valence-corrected chi connectivity index (χ3v) is 3.37. The molecule has 0 amide bonds. The molecule has 11 nitrogen and oxygen atoms in total. The molecule has 138 valence electrons. The molecule has 0 aromatic carbocycles. The topological polar surface area (TPSA) is 180 Å². The molecule has 24 heavy (non-hydrogen) atoms. The van der Waals surface area contributed by atoms with E-state index in [1.54, 1.807) is 0 Å². The molecule has 6 atom stereocenters. The van der Waals surface area contributed by atoms with E-state index >= 15 is 0 Å². The predicted molar refractivity (Wildman–Crippen MR) is 72.3 cm³/mol. The SMILES string of the molecule is CC(=O)O[C@@H]([C@@H]1OC(O)(C(=O)O)C[C@H](OC(C)=O)[C@H]1O)[C@H](O)CO. The summed E-state index contributed by atoms with van der Waals surface area (Å²) >= 11 is 0. The van der Waals surface area contributed by atoms with E-state index in [1.807, 2.05) is 0 Å². The molecule has 1 rings (SSSR count). The lowest BCUT2D eigenvalue weighted by Gasteiger charge is -2.44. The van der Waals surface area contributed by atoms with Gasteiger partial charge in [0.2, 0.25) is 0 Å². The standard InChI is InChI=1S/C13H20O11/c1-5(15)22-8-3-13(21,12(19)20)24-11(9(8)18)10(7(17)4-14)23-6(2)16/h7-11,14,17-18,21H,3-4H2,1-2H3,(H,19,20)/t7-,8+,9-,10-,11-,13?/m1/s1. The number of hydrogen-bond acceptors (Lipinski definition) is 10. The van der Waals surface area contributed by atoms with E-state index in [-0.39, 0.29) is 0 Å². The van der Waals surface area contributed by atoms with E-state index in [4.69, 9.17) is 24.4 Å². The highest BCUT2D eigenvalue weighted by atomic mass is 16.7. The molecule has 0 radical (unpaired) electrons. The Balaban J connectivity index is 3.20. The van der Waals surface area contributed by atoms with Gasteiger partial charge in [-0.2, -0.15) is 0 Å². The summed E-state index contributed by atoms with van der Waals surface area (Å²) in [6.07, 6.45) is -9.28. The van der Waals surface area contributed by atoms with Gasteiger partial charge in [0, 0.05) is 13.8 Å². The summed E-state index contributed by atoms with van der Waals surface area (Å²) < 4.78 is 14.4. The van der Waals surface area contributed by atoms with Crippen molar-refractivity contribution in [1.82, 2.24) is 0 Å². The Labute approximate surface area is 136 Å². The highest BCUT2D eigenvalue weighted by Crippen LogP contribution is 2.33. The lowest BCUT2D eigenvalue weighted by atomic mass is 9.90. The average molecular weight is 352 g/mol. The van der Waals surface area contributed by atoms with E-state index in [0.717, 1.165) is 13.8 Å². The molecule has 1 saturated heterocycles. The van der Waals surface area contributed by atoms with Crippen molar-refractivity contribution in [2.45, 2.75) is 56.6 Å². The zero-order chi connectivity index (χ0) is 18.7. The summed E-state index contributed by atoms with van der Waals surface area (Å²) in [5.41, 5.74) is 0. The van der Waals surface area contributed by atoms with Crippen LogP contribution in [0.2, 0.25) is 0 Å². The van der Waals surface area contributed by atoms with Crippen LogP contribution < -0.4 is 0 Å². The number of carbonyl (C=O) groups is 3. The molecule has 0 bridgehead atoms. The largest absolute Gasteiger partial charge is 0.477 e. The van der Waals surface area contributed by atoms with Crippen molar-refractivity contribution >= 4 is 17.9 Å². The van der Waals surface area contributed by atoms with Crippen molar-refractivity contribution in [2.24, 2.45) is 0 Å². The first kappa shape index (κ1) is 20.3. The second-order valence-corrected chi connectivity index (χ2v) is 5.34. The Morgan fingerprint density at radius 1 is 1.29 bits per heavy atom. The molecule has 11 heteroatoms. The number of carbonyl (C=O) groups excluding carboxylic acids is 2. The van der Waals surface area contributed by atoms with Gasteiger partial charge < -0.3 is 39.7 Å². The molecule has 0 spiro atoms. The summed E-state index contributed by atoms with van der Waals surface area (Å²) in [5, 5.41) is 48.2. The predicted octanol–water partition coefficient (Wildman–Crippen LogP) is -2.87. The molecule has 0 aliphatic carbocycles. The van der Waals surface area contributed by atoms with Gasteiger partial charge in [-0.15, -0.1) is 0 Å². The van der Waals surface area contributed by atoms with Crippen LogP contribution >= 0.6 is 0 Å². The van der Waals surface area contributed by atoms with Gasteiger partial charge >= 0.3 is 17.9 Å². The number of rotatable bonds is 6.